The minimum atomic E-state index is -0.734. The molecule has 4 aromatic carbocycles. The molecule has 4 fully saturated rings. The second-order valence-electron chi connectivity index (χ2n) is 17.4. The van der Waals surface area contributed by atoms with Gasteiger partial charge in [-0.2, -0.15) is 0 Å². The first-order valence-corrected chi connectivity index (χ1v) is 22.5. The van der Waals surface area contributed by atoms with Gasteiger partial charge in [-0.15, -0.1) is 0 Å². The van der Waals surface area contributed by atoms with Crippen molar-refractivity contribution in [3.8, 4) is 34.4 Å². The number of rotatable bonds is 12. The molecule has 10 rings (SSSR count). The Morgan fingerprint density at radius 2 is 0.922 bits per heavy atom. The van der Waals surface area contributed by atoms with Crippen molar-refractivity contribution in [3.63, 3.8) is 0 Å². The Labute approximate surface area is 372 Å². The van der Waals surface area contributed by atoms with Crippen molar-refractivity contribution in [2.75, 3.05) is 13.1 Å². The van der Waals surface area contributed by atoms with Crippen LogP contribution in [0, 0.1) is 23.7 Å². The molecule has 4 amide bonds. The molecule has 0 unspecified atom stereocenters. The van der Waals surface area contributed by atoms with Gasteiger partial charge in [0, 0.05) is 36.1 Å². The molecule has 64 heavy (non-hydrogen) atoms. The lowest BCUT2D eigenvalue weighted by atomic mass is 10.0. The van der Waals surface area contributed by atoms with E-state index in [2.05, 4.69) is 32.4 Å². The van der Waals surface area contributed by atoms with Crippen molar-refractivity contribution < 1.29 is 19.2 Å². The van der Waals surface area contributed by atoms with E-state index in [0.29, 0.717) is 13.1 Å². The number of nitrogens with one attached hydrogen (secondary N) is 4. The number of imidazole rings is 2. The first kappa shape index (κ1) is 40.8. The Hall–Kier alpha value is -7.26. The molecular formula is C52H50N8O4. The largest absolute Gasteiger partial charge is 0.340 e. The van der Waals surface area contributed by atoms with Crippen LogP contribution in [0.3, 0.4) is 0 Å². The number of carbonyl (C=O) groups excluding carboxylic acids is 4. The van der Waals surface area contributed by atoms with E-state index in [9.17, 15) is 19.2 Å². The molecule has 0 radical (unpaired) electrons. The molecule has 322 valence electrons. The zero-order chi connectivity index (χ0) is 43.6. The third-order valence-electron chi connectivity index (χ3n) is 12.9. The molecule has 6 aromatic rings. The van der Waals surface area contributed by atoms with Crippen LogP contribution in [0.4, 0.5) is 0 Å². The minimum Gasteiger partial charge on any atom is -0.340 e. The average Bonchev–Trinajstić information content (AvgIpc) is 4.09. The van der Waals surface area contributed by atoms with Crippen molar-refractivity contribution in [2.45, 2.75) is 75.5 Å². The summed E-state index contributed by atoms with van der Waals surface area (Å²) >= 11 is 0. The van der Waals surface area contributed by atoms with Crippen LogP contribution in [-0.2, 0) is 19.2 Å². The fraction of sp³-hybridized carbons (Fsp3) is 0.308. The van der Waals surface area contributed by atoms with Crippen molar-refractivity contribution in [3.05, 3.63) is 155 Å². The van der Waals surface area contributed by atoms with Crippen molar-refractivity contribution >= 4 is 23.6 Å². The smallest absolute Gasteiger partial charge is 0.250 e. The van der Waals surface area contributed by atoms with Crippen LogP contribution in [0.25, 0.3) is 22.5 Å². The summed E-state index contributed by atoms with van der Waals surface area (Å²) in [6, 6.07) is 33.1. The van der Waals surface area contributed by atoms with Gasteiger partial charge in [0.25, 0.3) is 0 Å². The lowest BCUT2D eigenvalue weighted by Gasteiger charge is -2.28. The summed E-state index contributed by atoms with van der Waals surface area (Å²) in [4.78, 5) is 73.9. The van der Waals surface area contributed by atoms with Crippen molar-refractivity contribution in [2.24, 2.45) is 11.8 Å². The molecule has 0 spiro atoms. The number of carbonyl (C=O) groups is 4. The molecule has 4 atom stereocenters. The number of likely N-dealkylation sites (tertiary alicyclic amines) is 2. The molecule has 12 nitrogen and oxygen atoms in total. The highest BCUT2D eigenvalue weighted by Gasteiger charge is 2.41. The second kappa shape index (κ2) is 17.8. The van der Waals surface area contributed by atoms with Gasteiger partial charge < -0.3 is 30.4 Å². The van der Waals surface area contributed by atoms with E-state index in [-0.39, 0.29) is 47.5 Å². The summed E-state index contributed by atoms with van der Waals surface area (Å²) in [5.74, 6) is 7.69. The van der Waals surface area contributed by atoms with Gasteiger partial charge in [-0.1, -0.05) is 96.8 Å². The predicted octanol–water partition coefficient (Wildman–Crippen LogP) is 7.73. The average molecular weight is 851 g/mol. The van der Waals surface area contributed by atoms with Crippen LogP contribution < -0.4 is 10.6 Å². The highest BCUT2D eigenvalue weighted by Crippen LogP contribution is 2.37. The Morgan fingerprint density at radius 3 is 1.30 bits per heavy atom. The number of nitrogens with zero attached hydrogens (tertiary/aromatic N) is 4. The zero-order valence-corrected chi connectivity index (χ0v) is 35.5. The van der Waals surface area contributed by atoms with E-state index in [1.54, 1.807) is 0 Å². The van der Waals surface area contributed by atoms with Gasteiger partial charge in [0.05, 0.1) is 35.9 Å². The quantitative estimate of drug-likeness (QED) is 0.0925. The Kier molecular flexibility index (Phi) is 11.4. The Balaban J connectivity index is 0.774. The molecule has 4 N–H and O–H groups in total. The maximum absolute atomic E-state index is 14.1. The number of benzene rings is 4. The standard InChI is InChI=1S/C52H50N8O4/c61-49(39-25-26-39)57-45(37-9-3-1-4-10-37)51(63)59-29-7-13-43(59)47-53-31-41(55-47)35-21-17-33(18-22-35)15-16-34-19-23-36(24-20-34)42-32-54-48(56-42)44-14-8-30-60(44)52(64)46(38-11-5-2-6-12-38)58-50(62)40-27-28-40/h1-6,9-12,17-24,31-32,39-40,43-46H,7-8,13-14,25-30H2,(H,53,55)(H,54,56)(H,57,61)(H,58,62)/t43-,44-,45+,46+/m0/s1. The van der Waals surface area contributed by atoms with Gasteiger partial charge in [0.1, 0.15) is 23.7 Å². The van der Waals surface area contributed by atoms with Gasteiger partial charge in [-0.3, -0.25) is 19.2 Å². The number of hydrogen-bond acceptors (Lipinski definition) is 6. The maximum Gasteiger partial charge on any atom is 0.250 e. The Morgan fingerprint density at radius 1 is 0.531 bits per heavy atom. The molecule has 0 bridgehead atoms. The summed E-state index contributed by atoms with van der Waals surface area (Å²) in [5.41, 5.74) is 6.94. The summed E-state index contributed by atoms with van der Waals surface area (Å²) in [5, 5.41) is 6.09. The van der Waals surface area contributed by atoms with Gasteiger partial charge in [-0.05, 0) is 97.9 Å². The molecule has 2 aromatic heterocycles. The fourth-order valence-electron chi connectivity index (χ4n) is 8.95. The predicted molar refractivity (Wildman–Crippen MR) is 242 cm³/mol. The molecule has 12 heteroatoms. The number of aromatic nitrogens is 4. The van der Waals surface area contributed by atoms with Crippen LogP contribution in [0.15, 0.2) is 122 Å². The highest BCUT2D eigenvalue weighted by molar-refractivity contribution is 5.91. The maximum atomic E-state index is 14.1. The molecule has 2 aliphatic heterocycles. The van der Waals surface area contributed by atoms with Crippen LogP contribution in [0.5, 0.6) is 0 Å². The van der Waals surface area contributed by atoms with Gasteiger partial charge >= 0.3 is 0 Å². The number of H-pyrrole nitrogens is 2. The number of hydrogen-bond donors (Lipinski definition) is 4. The molecule has 4 heterocycles. The fourth-order valence-corrected chi connectivity index (χ4v) is 8.95. The summed E-state index contributed by atoms with van der Waals surface area (Å²) in [7, 11) is 0. The van der Waals surface area contributed by atoms with Crippen molar-refractivity contribution in [1.29, 1.82) is 0 Å². The number of aromatic amines is 2. The third kappa shape index (κ3) is 8.84. The van der Waals surface area contributed by atoms with E-state index in [1.807, 2.05) is 131 Å². The van der Waals surface area contributed by atoms with Crippen molar-refractivity contribution in [1.82, 2.24) is 40.4 Å². The van der Waals surface area contributed by atoms with E-state index in [0.717, 1.165) is 108 Å². The molecule has 2 aliphatic carbocycles. The lowest BCUT2D eigenvalue weighted by molar-refractivity contribution is -0.138. The molecular weight excluding hydrogens is 801 g/mol. The van der Waals surface area contributed by atoms with Gasteiger partial charge in [0.15, 0.2) is 0 Å². The normalized spacial score (nSPS) is 19.1. The summed E-state index contributed by atoms with van der Waals surface area (Å²) < 4.78 is 0. The monoisotopic (exact) mass is 850 g/mol. The van der Waals surface area contributed by atoms with Gasteiger partial charge in [-0.25, -0.2) is 9.97 Å². The van der Waals surface area contributed by atoms with E-state index >= 15 is 0 Å². The first-order chi connectivity index (χ1) is 31.4. The molecule has 4 aliphatic rings. The molecule has 2 saturated heterocycles. The van der Waals surface area contributed by atoms with Crippen LogP contribution >= 0.6 is 0 Å². The lowest BCUT2D eigenvalue weighted by Crippen LogP contribution is -2.43. The first-order valence-electron chi connectivity index (χ1n) is 22.5. The molecule has 2 saturated carbocycles. The highest BCUT2D eigenvalue weighted by atomic mass is 16.2. The minimum absolute atomic E-state index is 0.000920. The zero-order valence-electron chi connectivity index (χ0n) is 35.5. The van der Waals surface area contributed by atoms with Gasteiger partial charge in [0.2, 0.25) is 23.6 Å². The van der Waals surface area contributed by atoms with E-state index in [1.165, 1.54) is 0 Å². The summed E-state index contributed by atoms with van der Waals surface area (Å²) in [6.07, 6.45) is 10.4. The number of amides is 4. The third-order valence-corrected chi connectivity index (χ3v) is 12.9. The Bertz CT molecular complexity index is 2530. The SMILES string of the molecule is O=C(N[C@@H](C(=O)N1CCC[C@H]1c1ncc(-c2ccc(C#Cc3ccc(-c4cnc([C@@H]5CCCN5C(=O)[C@H](NC(=O)C5CC5)c5ccccc5)[nH]4)cc3)cc2)[nH]1)c1ccccc1)C1CC1. The topological polar surface area (TPSA) is 156 Å². The van der Waals surface area contributed by atoms with Crippen LogP contribution in [0.1, 0.15) is 109 Å². The van der Waals surface area contributed by atoms with E-state index in [4.69, 9.17) is 9.97 Å². The second-order valence-corrected chi connectivity index (χ2v) is 17.4. The summed E-state index contributed by atoms with van der Waals surface area (Å²) in [6.45, 7) is 1.20. The van der Waals surface area contributed by atoms with E-state index < -0.39 is 12.1 Å². The van der Waals surface area contributed by atoms with Crippen LogP contribution in [-0.4, -0.2) is 66.5 Å². The van der Waals surface area contributed by atoms with Crippen LogP contribution in [0.2, 0.25) is 0 Å².